The topological polar surface area (TPSA) is 32.3 Å². The van der Waals surface area contributed by atoms with Crippen LogP contribution in [0.5, 0.6) is 0 Å². The highest BCUT2D eigenvalue weighted by atomic mass is 19.1. The van der Waals surface area contributed by atoms with Crippen LogP contribution >= 0.6 is 0 Å². The van der Waals surface area contributed by atoms with Crippen molar-refractivity contribution in [3.8, 4) is 0 Å². The van der Waals surface area contributed by atoms with E-state index in [1.165, 1.54) is 25.2 Å². The fourth-order valence-electron chi connectivity index (χ4n) is 2.88. The van der Waals surface area contributed by atoms with Crippen LogP contribution < -0.4 is 4.90 Å². The third-order valence-electron chi connectivity index (χ3n) is 3.50. The van der Waals surface area contributed by atoms with Gasteiger partial charge in [-0.2, -0.15) is 0 Å². The highest BCUT2D eigenvalue weighted by molar-refractivity contribution is 5.36. The molecule has 0 radical (unpaired) electrons. The van der Waals surface area contributed by atoms with Gasteiger partial charge in [0.15, 0.2) is 5.82 Å². The number of piperazine rings is 1. The number of hydrogen-bond acceptors (Lipinski definition) is 4. The molecule has 2 bridgehead atoms. The van der Waals surface area contributed by atoms with E-state index >= 15 is 0 Å². The molecule has 0 amide bonds. The average molecular weight is 222 g/mol. The Labute approximate surface area is 94.1 Å². The van der Waals surface area contributed by atoms with Crippen LogP contribution in [-0.4, -0.2) is 47.1 Å². The molecular formula is C11H15FN4. The molecule has 0 saturated carbocycles. The lowest BCUT2D eigenvalue weighted by molar-refractivity contribution is 0.262. The van der Waals surface area contributed by atoms with E-state index in [0.717, 1.165) is 13.1 Å². The van der Waals surface area contributed by atoms with E-state index in [0.29, 0.717) is 18.0 Å². The maximum Gasteiger partial charge on any atom is 0.226 e. The molecular weight excluding hydrogens is 207 g/mol. The van der Waals surface area contributed by atoms with Gasteiger partial charge >= 0.3 is 0 Å². The summed E-state index contributed by atoms with van der Waals surface area (Å²) >= 11 is 0. The van der Waals surface area contributed by atoms with E-state index in [9.17, 15) is 4.39 Å². The molecule has 2 aliphatic heterocycles. The summed E-state index contributed by atoms with van der Waals surface area (Å²) < 4.78 is 12.8. The highest BCUT2D eigenvalue weighted by Crippen LogP contribution is 2.32. The first-order valence-electron chi connectivity index (χ1n) is 5.68. The van der Waals surface area contributed by atoms with Crippen molar-refractivity contribution in [3.63, 3.8) is 0 Å². The van der Waals surface area contributed by atoms with E-state index < -0.39 is 0 Å². The van der Waals surface area contributed by atoms with E-state index in [-0.39, 0.29) is 5.82 Å². The van der Waals surface area contributed by atoms with Crippen LogP contribution in [0, 0.1) is 5.82 Å². The molecule has 0 N–H and O–H groups in total. The molecule has 0 aliphatic carbocycles. The predicted octanol–water partition coefficient (Wildman–Crippen LogP) is 0.898. The van der Waals surface area contributed by atoms with Gasteiger partial charge in [-0.1, -0.05) is 0 Å². The summed E-state index contributed by atoms with van der Waals surface area (Å²) in [5.41, 5.74) is 0. The second kappa shape index (κ2) is 3.66. The standard InChI is InChI=1S/C11H15FN4/c1-15-6-9-2-3-10(7-15)16(9)11-13-4-8(12)5-14-11/h4-5,9-10H,2-3,6-7H2,1H3/t9-,10+. The Morgan fingerprint density at radius 1 is 1.19 bits per heavy atom. The van der Waals surface area contributed by atoms with Crippen molar-refractivity contribution < 1.29 is 4.39 Å². The minimum atomic E-state index is -0.370. The molecule has 16 heavy (non-hydrogen) atoms. The van der Waals surface area contributed by atoms with Crippen LogP contribution in [0.3, 0.4) is 0 Å². The Kier molecular flexibility index (Phi) is 2.28. The predicted molar refractivity (Wildman–Crippen MR) is 58.8 cm³/mol. The van der Waals surface area contributed by atoms with E-state index in [1.807, 2.05) is 0 Å². The van der Waals surface area contributed by atoms with Crippen LogP contribution in [0.4, 0.5) is 10.3 Å². The molecule has 2 atom stereocenters. The molecule has 4 nitrogen and oxygen atoms in total. The molecule has 86 valence electrons. The first-order valence-corrected chi connectivity index (χ1v) is 5.68. The molecule has 5 heteroatoms. The molecule has 3 heterocycles. The summed E-state index contributed by atoms with van der Waals surface area (Å²) in [7, 11) is 2.15. The lowest BCUT2D eigenvalue weighted by atomic mass is 10.2. The Bertz CT molecular complexity index is 366. The van der Waals surface area contributed by atoms with Gasteiger partial charge < -0.3 is 9.80 Å². The van der Waals surface area contributed by atoms with Gasteiger partial charge in [-0.05, 0) is 19.9 Å². The third kappa shape index (κ3) is 1.55. The van der Waals surface area contributed by atoms with Crippen molar-refractivity contribution in [2.24, 2.45) is 0 Å². The van der Waals surface area contributed by atoms with Crippen molar-refractivity contribution in [2.75, 3.05) is 25.0 Å². The average Bonchev–Trinajstić information content (AvgIpc) is 2.54. The monoisotopic (exact) mass is 222 g/mol. The zero-order chi connectivity index (χ0) is 11.1. The van der Waals surface area contributed by atoms with Gasteiger partial charge in [-0.15, -0.1) is 0 Å². The Hall–Kier alpha value is -1.23. The quantitative estimate of drug-likeness (QED) is 0.706. The first-order chi connectivity index (χ1) is 7.74. The zero-order valence-electron chi connectivity index (χ0n) is 9.30. The van der Waals surface area contributed by atoms with Gasteiger partial charge in [-0.25, -0.2) is 14.4 Å². The van der Waals surface area contributed by atoms with E-state index in [1.54, 1.807) is 0 Å². The van der Waals surface area contributed by atoms with Crippen molar-refractivity contribution in [1.82, 2.24) is 14.9 Å². The lowest BCUT2D eigenvalue weighted by Gasteiger charge is -2.39. The molecule has 0 spiro atoms. The molecule has 2 aliphatic rings. The molecule has 0 unspecified atom stereocenters. The number of fused-ring (bicyclic) bond motifs is 2. The maximum absolute atomic E-state index is 12.8. The fraction of sp³-hybridized carbons (Fsp3) is 0.636. The van der Waals surface area contributed by atoms with Gasteiger partial charge in [0.25, 0.3) is 0 Å². The highest BCUT2D eigenvalue weighted by Gasteiger charge is 2.39. The van der Waals surface area contributed by atoms with Crippen molar-refractivity contribution in [3.05, 3.63) is 18.2 Å². The summed E-state index contributed by atoms with van der Waals surface area (Å²) in [6.07, 6.45) is 4.88. The number of halogens is 1. The largest absolute Gasteiger partial charge is 0.332 e. The number of rotatable bonds is 1. The summed E-state index contributed by atoms with van der Waals surface area (Å²) in [5.74, 6) is 0.312. The zero-order valence-corrected chi connectivity index (χ0v) is 9.30. The van der Waals surface area contributed by atoms with Crippen molar-refractivity contribution in [2.45, 2.75) is 24.9 Å². The Balaban J connectivity index is 1.88. The number of anilines is 1. The molecule has 1 aromatic rings. The number of nitrogens with zero attached hydrogens (tertiary/aromatic N) is 4. The lowest BCUT2D eigenvalue weighted by Crippen LogP contribution is -2.53. The van der Waals surface area contributed by atoms with E-state index in [2.05, 4.69) is 26.8 Å². The minimum Gasteiger partial charge on any atom is -0.332 e. The van der Waals surface area contributed by atoms with E-state index in [4.69, 9.17) is 0 Å². The van der Waals surface area contributed by atoms with Crippen molar-refractivity contribution >= 4 is 5.95 Å². The summed E-state index contributed by atoms with van der Waals surface area (Å²) in [6.45, 7) is 2.11. The summed E-state index contributed by atoms with van der Waals surface area (Å²) in [4.78, 5) is 12.8. The van der Waals surface area contributed by atoms with Crippen LogP contribution in [0.15, 0.2) is 12.4 Å². The molecule has 2 fully saturated rings. The Morgan fingerprint density at radius 2 is 1.75 bits per heavy atom. The summed E-state index contributed by atoms with van der Waals surface area (Å²) in [5, 5.41) is 0. The van der Waals surface area contributed by atoms with Gasteiger partial charge in [0, 0.05) is 25.2 Å². The van der Waals surface area contributed by atoms with Crippen LogP contribution in [0.2, 0.25) is 0 Å². The van der Waals surface area contributed by atoms with Gasteiger partial charge in [0.2, 0.25) is 5.95 Å². The Morgan fingerprint density at radius 3 is 2.31 bits per heavy atom. The smallest absolute Gasteiger partial charge is 0.226 e. The fourth-order valence-corrected chi connectivity index (χ4v) is 2.88. The second-order valence-electron chi connectivity index (χ2n) is 4.71. The summed E-state index contributed by atoms with van der Waals surface area (Å²) in [6, 6.07) is 0.989. The van der Waals surface area contributed by atoms with Gasteiger partial charge in [0.05, 0.1) is 12.4 Å². The normalized spacial score (nSPS) is 29.8. The van der Waals surface area contributed by atoms with Gasteiger partial charge in [-0.3, -0.25) is 0 Å². The van der Waals surface area contributed by atoms with Crippen LogP contribution in [-0.2, 0) is 0 Å². The third-order valence-corrected chi connectivity index (χ3v) is 3.50. The van der Waals surface area contributed by atoms with Crippen LogP contribution in [0.25, 0.3) is 0 Å². The second-order valence-corrected chi connectivity index (χ2v) is 4.71. The number of likely N-dealkylation sites (N-methyl/N-ethyl adjacent to an activating group) is 1. The maximum atomic E-state index is 12.8. The molecule has 1 aromatic heterocycles. The first kappa shape index (κ1) is 9.96. The van der Waals surface area contributed by atoms with Crippen molar-refractivity contribution in [1.29, 1.82) is 0 Å². The number of hydrogen-bond donors (Lipinski definition) is 0. The van der Waals surface area contributed by atoms with Crippen LogP contribution in [0.1, 0.15) is 12.8 Å². The molecule has 2 saturated heterocycles. The molecule has 3 rings (SSSR count). The minimum absolute atomic E-state index is 0.370. The number of likely N-dealkylation sites (tertiary alicyclic amines) is 1. The molecule has 0 aromatic carbocycles. The SMILES string of the molecule is CN1C[C@H]2CC[C@@H](C1)N2c1ncc(F)cn1. The number of aromatic nitrogens is 2. The van der Waals surface area contributed by atoms with Gasteiger partial charge in [0.1, 0.15) is 0 Å².